The Balaban J connectivity index is 1.79. The van der Waals surface area contributed by atoms with E-state index in [1.165, 1.54) is 5.56 Å². The first kappa shape index (κ1) is 20.2. The van der Waals surface area contributed by atoms with E-state index < -0.39 is 0 Å². The quantitative estimate of drug-likeness (QED) is 0.776. The van der Waals surface area contributed by atoms with Crippen LogP contribution in [0.25, 0.3) is 0 Å². The summed E-state index contributed by atoms with van der Waals surface area (Å²) in [6.07, 6.45) is 0.836. The van der Waals surface area contributed by atoms with Crippen molar-refractivity contribution in [3.05, 3.63) is 35.9 Å². The summed E-state index contributed by atoms with van der Waals surface area (Å²) in [4.78, 5) is 27.9. The molecular weight excluding hydrogens is 328 g/mol. The van der Waals surface area contributed by atoms with Gasteiger partial charge in [0.2, 0.25) is 5.91 Å². The van der Waals surface area contributed by atoms with Crippen LogP contribution in [0.1, 0.15) is 19.4 Å². The van der Waals surface area contributed by atoms with Crippen molar-refractivity contribution in [3.63, 3.8) is 0 Å². The van der Waals surface area contributed by atoms with Crippen LogP contribution in [0, 0.1) is 11.8 Å². The third kappa shape index (κ3) is 6.02. The first-order valence-corrected chi connectivity index (χ1v) is 9.37. The molecule has 0 bridgehead atoms. The minimum absolute atomic E-state index is 0.0445. The molecule has 1 aromatic rings. The van der Waals surface area contributed by atoms with Crippen LogP contribution in [0.2, 0.25) is 0 Å². The Hall–Kier alpha value is -2.08. The van der Waals surface area contributed by atoms with Crippen LogP contribution in [0.15, 0.2) is 30.3 Å². The maximum Gasteiger partial charge on any atom is 0.317 e. The van der Waals surface area contributed by atoms with Crippen LogP contribution in [0.3, 0.4) is 0 Å². The lowest BCUT2D eigenvalue weighted by Gasteiger charge is -2.24. The summed E-state index contributed by atoms with van der Waals surface area (Å²) < 4.78 is 0. The number of carbonyl (C=O) groups excluding carboxylic acids is 2. The number of hydrogen-bond donors (Lipinski definition) is 2. The summed E-state index contributed by atoms with van der Waals surface area (Å²) >= 11 is 0. The van der Waals surface area contributed by atoms with Crippen molar-refractivity contribution in [1.82, 2.24) is 20.4 Å². The monoisotopic (exact) mass is 360 g/mol. The van der Waals surface area contributed by atoms with Gasteiger partial charge >= 0.3 is 6.03 Å². The molecule has 1 aliphatic rings. The van der Waals surface area contributed by atoms with Crippen molar-refractivity contribution in [1.29, 1.82) is 0 Å². The average molecular weight is 361 g/mol. The van der Waals surface area contributed by atoms with Gasteiger partial charge < -0.3 is 15.5 Å². The molecule has 0 aliphatic carbocycles. The van der Waals surface area contributed by atoms with Gasteiger partial charge in [-0.3, -0.25) is 9.69 Å². The lowest BCUT2D eigenvalue weighted by atomic mass is 9.91. The highest BCUT2D eigenvalue weighted by atomic mass is 16.2. The molecular formula is C20H32N4O2. The lowest BCUT2D eigenvalue weighted by molar-refractivity contribution is -0.122. The van der Waals surface area contributed by atoms with E-state index in [1.807, 2.05) is 18.2 Å². The number of urea groups is 1. The minimum Gasteiger partial charge on any atom is -0.355 e. The molecule has 6 nitrogen and oxygen atoms in total. The van der Waals surface area contributed by atoms with Gasteiger partial charge in [-0.05, 0) is 23.8 Å². The molecule has 0 radical (unpaired) electrons. The second-order valence-electron chi connectivity index (χ2n) is 7.64. The Morgan fingerprint density at radius 3 is 2.50 bits per heavy atom. The fourth-order valence-electron chi connectivity index (χ4n) is 3.41. The van der Waals surface area contributed by atoms with Gasteiger partial charge in [0.05, 0.1) is 6.54 Å². The predicted molar refractivity (Wildman–Crippen MR) is 104 cm³/mol. The van der Waals surface area contributed by atoms with Gasteiger partial charge in [0.25, 0.3) is 0 Å². The molecule has 1 saturated heterocycles. The standard InChI is InChI=1S/C20H32N4O2/c1-15(2)17-12-24(13-18(17)22-20(26)23(3)4)14-19(25)21-11-10-16-8-6-5-7-9-16/h5-9,15,17-18H,10-14H2,1-4H3,(H,21,25)(H,22,26)/t17-,18+/m0/s1. The van der Waals surface area contributed by atoms with Gasteiger partial charge in [0.15, 0.2) is 0 Å². The van der Waals surface area contributed by atoms with Crippen LogP contribution < -0.4 is 10.6 Å². The molecule has 1 heterocycles. The Bertz CT molecular complexity index is 589. The van der Waals surface area contributed by atoms with Crippen LogP contribution in [-0.4, -0.2) is 68.1 Å². The number of nitrogens with one attached hydrogen (secondary N) is 2. The van der Waals surface area contributed by atoms with E-state index in [-0.39, 0.29) is 18.0 Å². The summed E-state index contributed by atoms with van der Waals surface area (Å²) in [6, 6.07) is 10.2. The zero-order valence-electron chi connectivity index (χ0n) is 16.4. The first-order valence-electron chi connectivity index (χ1n) is 9.37. The molecule has 0 unspecified atom stereocenters. The normalized spacial score (nSPS) is 20.2. The number of benzene rings is 1. The topological polar surface area (TPSA) is 64.7 Å². The van der Waals surface area contributed by atoms with E-state index in [4.69, 9.17) is 0 Å². The average Bonchev–Trinajstić information content (AvgIpc) is 2.98. The number of rotatable bonds is 7. The Labute approximate surface area is 156 Å². The van der Waals surface area contributed by atoms with E-state index in [9.17, 15) is 9.59 Å². The fraction of sp³-hybridized carbons (Fsp3) is 0.600. The Kier molecular flexibility index (Phi) is 7.45. The molecule has 3 amide bonds. The van der Waals surface area contributed by atoms with E-state index in [1.54, 1.807) is 19.0 Å². The highest BCUT2D eigenvalue weighted by Gasteiger charge is 2.36. The minimum atomic E-state index is -0.0742. The molecule has 2 rings (SSSR count). The van der Waals surface area contributed by atoms with Crippen molar-refractivity contribution in [3.8, 4) is 0 Å². The first-order chi connectivity index (χ1) is 12.4. The van der Waals surface area contributed by atoms with Crippen molar-refractivity contribution in [2.24, 2.45) is 11.8 Å². The van der Waals surface area contributed by atoms with Gasteiger partial charge in [0, 0.05) is 39.8 Å². The molecule has 2 atom stereocenters. The summed E-state index contributed by atoms with van der Waals surface area (Å²) in [7, 11) is 3.49. The summed E-state index contributed by atoms with van der Waals surface area (Å²) in [5.74, 6) is 0.854. The zero-order valence-corrected chi connectivity index (χ0v) is 16.4. The number of likely N-dealkylation sites (tertiary alicyclic amines) is 1. The maximum absolute atomic E-state index is 12.3. The van der Waals surface area contributed by atoms with E-state index in [0.29, 0.717) is 31.5 Å². The smallest absolute Gasteiger partial charge is 0.317 e. The van der Waals surface area contributed by atoms with Gasteiger partial charge in [-0.25, -0.2) is 4.79 Å². The highest BCUT2D eigenvalue weighted by molar-refractivity contribution is 5.78. The molecule has 1 fully saturated rings. The number of nitrogens with zero attached hydrogens (tertiary/aromatic N) is 2. The molecule has 1 aliphatic heterocycles. The second kappa shape index (κ2) is 9.57. The Morgan fingerprint density at radius 2 is 1.88 bits per heavy atom. The van der Waals surface area contributed by atoms with E-state index in [2.05, 4.69) is 41.5 Å². The molecule has 144 valence electrons. The predicted octanol–water partition coefficient (Wildman–Crippen LogP) is 1.57. The molecule has 0 spiro atoms. The molecule has 2 N–H and O–H groups in total. The third-order valence-corrected chi connectivity index (χ3v) is 4.96. The van der Waals surface area contributed by atoms with E-state index >= 15 is 0 Å². The zero-order chi connectivity index (χ0) is 19.1. The maximum atomic E-state index is 12.3. The van der Waals surface area contributed by atoms with Crippen molar-refractivity contribution in [2.75, 3.05) is 40.3 Å². The summed E-state index contributed by atoms with van der Waals surface area (Å²) in [5.41, 5.74) is 1.22. The third-order valence-electron chi connectivity index (χ3n) is 4.96. The van der Waals surface area contributed by atoms with Gasteiger partial charge in [-0.1, -0.05) is 44.2 Å². The van der Waals surface area contributed by atoms with Crippen LogP contribution in [-0.2, 0) is 11.2 Å². The largest absolute Gasteiger partial charge is 0.355 e. The van der Waals surface area contributed by atoms with Gasteiger partial charge in [0.1, 0.15) is 0 Å². The van der Waals surface area contributed by atoms with Crippen LogP contribution in [0.4, 0.5) is 4.79 Å². The SMILES string of the molecule is CC(C)[C@@H]1CN(CC(=O)NCCc2ccccc2)C[C@H]1NC(=O)N(C)C. The Morgan fingerprint density at radius 1 is 1.19 bits per heavy atom. The fourth-order valence-corrected chi connectivity index (χ4v) is 3.41. The van der Waals surface area contributed by atoms with E-state index in [0.717, 1.165) is 13.0 Å². The van der Waals surface area contributed by atoms with Crippen LogP contribution in [0.5, 0.6) is 0 Å². The summed E-state index contributed by atoms with van der Waals surface area (Å²) in [5, 5.41) is 6.09. The van der Waals surface area contributed by atoms with Crippen LogP contribution >= 0.6 is 0 Å². The molecule has 1 aromatic carbocycles. The lowest BCUT2D eigenvalue weighted by Crippen LogP contribution is -2.46. The molecule has 6 heteroatoms. The molecule has 26 heavy (non-hydrogen) atoms. The second-order valence-corrected chi connectivity index (χ2v) is 7.64. The highest BCUT2D eigenvalue weighted by Crippen LogP contribution is 2.24. The molecule has 0 aromatic heterocycles. The molecule has 0 saturated carbocycles. The van der Waals surface area contributed by atoms with Gasteiger partial charge in [-0.2, -0.15) is 0 Å². The van der Waals surface area contributed by atoms with Crippen molar-refractivity contribution < 1.29 is 9.59 Å². The van der Waals surface area contributed by atoms with Gasteiger partial charge in [-0.15, -0.1) is 0 Å². The number of amides is 3. The number of hydrogen-bond acceptors (Lipinski definition) is 3. The van der Waals surface area contributed by atoms with Crippen molar-refractivity contribution in [2.45, 2.75) is 26.3 Å². The number of carbonyl (C=O) groups is 2. The van der Waals surface area contributed by atoms with Crippen molar-refractivity contribution >= 4 is 11.9 Å². The summed E-state index contributed by atoms with van der Waals surface area (Å²) in [6.45, 7) is 6.92.